The van der Waals surface area contributed by atoms with Crippen LogP contribution < -0.4 is 9.47 Å². The molecular weight excluding hydrogens is 364 g/mol. The van der Waals surface area contributed by atoms with E-state index in [1.807, 2.05) is 41.3 Å². The summed E-state index contributed by atoms with van der Waals surface area (Å²) in [5, 5.41) is 0.690. The number of rotatable bonds is 6. The van der Waals surface area contributed by atoms with Gasteiger partial charge in [0.15, 0.2) is 11.5 Å². The number of carbonyl (C=O) groups excluding carboxylic acids is 1. The van der Waals surface area contributed by atoms with E-state index in [1.54, 1.807) is 14.2 Å². The van der Waals surface area contributed by atoms with Crippen LogP contribution in [0.4, 0.5) is 0 Å². The summed E-state index contributed by atoms with van der Waals surface area (Å²) in [6.45, 7) is 4.06. The van der Waals surface area contributed by atoms with Gasteiger partial charge < -0.3 is 14.4 Å². The first-order valence-electron chi connectivity index (χ1n) is 9.04. The minimum Gasteiger partial charge on any atom is -0.493 e. The van der Waals surface area contributed by atoms with Gasteiger partial charge in [-0.05, 0) is 35.4 Å². The van der Waals surface area contributed by atoms with Gasteiger partial charge in [-0.25, -0.2) is 0 Å². The van der Waals surface area contributed by atoms with Gasteiger partial charge in [0.2, 0.25) is 5.91 Å². The molecule has 1 fully saturated rings. The van der Waals surface area contributed by atoms with Crippen molar-refractivity contribution >= 4 is 17.5 Å². The molecule has 0 bridgehead atoms. The van der Waals surface area contributed by atoms with Gasteiger partial charge in [-0.15, -0.1) is 0 Å². The molecule has 2 aromatic carbocycles. The summed E-state index contributed by atoms with van der Waals surface area (Å²) in [4.78, 5) is 16.8. The van der Waals surface area contributed by atoms with E-state index in [0.29, 0.717) is 11.4 Å². The average molecular weight is 389 g/mol. The van der Waals surface area contributed by atoms with Crippen molar-refractivity contribution in [3.8, 4) is 11.5 Å². The number of nitrogens with zero attached hydrogens (tertiary/aromatic N) is 2. The number of amides is 1. The minimum absolute atomic E-state index is 0.170. The molecule has 5 nitrogen and oxygen atoms in total. The van der Waals surface area contributed by atoms with Crippen LogP contribution in [-0.4, -0.2) is 56.1 Å². The lowest BCUT2D eigenvalue weighted by Gasteiger charge is -2.35. The molecule has 0 saturated carbocycles. The summed E-state index contributed by atoms with van der Waals surface area (Å²) in [7, 11) is 3.28. The number of methoxy groups -OCH3 is 2. The van der Waals surface area contributed by atoms with Gasteiger partial charge in [0.05, 0.1) is 20.6 Å². The van der Waals surface area contributed by atoms with Crippen LogP contribution in [0.3, 0.4) is 0 Å². The molecule has 0 spiro atoms. The monoisotopic (exact) mass is 388 g/mol. The van der Waals surface area contributed by atoms with Crippen molar-refractivity contribution in [2.75, 3.05) is 40.4 Å². The van der Waals surface area contributed by atoms with Crippen molar-refractivity contribution in [2.24, 2.45) is 0 Å². The number of hydrogen-bond donors (Lipinski definition) is 0. The second kappa shape index (κ2) is 9.11. The van der Waals surface area contributed by atoms with E-state index in [4.69, 9.17) is 21.1 Å². The van der Waals surface area contributed by atoms with E-state index in [2.05, 4.69) is 11.0 Å². The van der Waals surface area contributed by atoms with Crippen molar-refractivity contribution < 1.29 is 14.3 Å². The first-order chi connectivity index (χ1) is 13.1. The van der Waals surface area contributed by atoms with Crippen LogP contribution in [0.5, 0.6) is 11.5 Å². The summed E-state index contributed by atoms with van der Waals surface area (Å²) in [5.74, 6) is 1.65. The van der Waals surface area contributed by atoms with Gasteiger partial charge in [-0.3, -0.25) is 9.69 Å². The first kappa shape index (κ1) is 19.5. The van der Waals surface area contributed by atoms with Crippen molar-refractivity contribution in [2.45, 2.75) is 13.0 Å². The van der Waals surface area contributed by atoms with Crippen LogP contribution in [0, 0.1) is 0 Å². The molecule has 144 valence electrons. The lowest BCUT2D eigenvalue weighted by atomic mass is 10.1. The maximum Gasteiger partial charge on any atom is 0.227 e. The highest BCUT2D eigenvalue weighted by atomic mass is 35.5. The Morgan fingerprint density at radius 3 is 2.19 bits per heavy atom. The highest BCUT2D eigenvalue weighted by Crippen LogP contribution is 2.28. The van der Waals surface area contributed by atoms with Crippen molar-refractivity contribution in [3.05, 3.63) is 58.6 Å². The topological polar surface area (TPSA) is 42.0 Å². The molecule has 0 N–H and O–H groups in total. The minimum atomic E-state index is 0.170. The van der Waals surface area contributed by atoms with Crippen LogP contribution >= 0.6 is 11.6 Å². The van der Waals surface area contributed by atoms with Gasteiger partial charge in [0.25, 0.3) is 0 Å². The summed E-state index contributed by atoms with van der Waals surface area (Å²) in [6.07, 6.45) is 0.423. The predicted octanol–water partition coefficient (Wildman–Crippen LogP) is 3.24. The largest absolute Gasteiger partial charge is 0.493 e. The zero-order valence-corrected chi connectivity index (χ0v) is 16.5. The molecule has 6 heteroatoms. The van der Waals surface area contributed by atoms with Gasteiger partial charge in [0, 0.05) is 37.7 Å². The molecule has 0 radical (unpaired) electrons. The molecule has 1 aliphatic heterocycles. The van der Waals surface area contributed by atoms with Gasteiger partial charge in [0.1, 0.15) is 0 Å². The van der Waals surface area contributed by atoms with E-state index in [0.717, 1.165) is 49.8 Å². The van der Waals surface area contributed by atoms with Gasteiger partial charge >= 0.3 is 0 Å². The highest BCUT2D eigenvalue weighted by molar-refractivity contribution is 6.30. The van der Waals surface area contributed by atoms with E-state index in [1.165, 1.54) is 5.56 Å². The first-order valence-corrected chi connectivity index (χ1v) is 9.42. The molecule has 1 heterocycles. The van der Waals surface area contributed by atoms with Crippen LogP contribution in [0.2, 0.25) is 5.02 Å². The maximum atomic E-state index is 12.5. The molecule has 0 unspecified atom stereocenters. The van der Waals surface area contributed by atoms with Crippen molar-refractivity contribution in [1.29, 1.82) is 0 Å². The number of ether oxygens (including phenoxy) is 2. The molecule has 0 aromatic heterocycles. The summed E-state index contributed by atoms with van der Waals surface area (Å²) < 4.78 is 10.7. The Morgan fingerprint density at radius 2 is 1.56 bits per heavy atom. The Hall–Kier alpha value is -2.24. The third kappa shape index (κ3) is 5.15. The second-order valence-electron chi connectivity index (χ2n) is 6.65. The summed E-state index contributed by atoms with van der Waals surface area (Å²) in [6, 6.07) is 13.5. The molecule has 3 rings (SSSR count). The zero-order chi connectivity index (χ0) is 19.2. The summed E-state index contributed by atoms with van der Waals surface area (Å²) in [5.41, 5.74) is 2.17. The van der Waals surface area contributed by atoms with E-state index < -0.39 is 0 Å². The van der Waals surface area contributed by atoms with Crippen LogP contribution in [0.1, 0.15) is 11.1 Å². The standard InChI is InChI=1S/C21H25ClN2O3/c1-26-19-8-5-17(13-20(19)27-2)15-23-9-11-24(12-10-23)21(25)14-16-3-6-18(22)7-4-16/h3-8,13H,9-12,14-15H2,1-2H3. The third-order valence-corrected chi connectivity index (χ3v) is 5.10. The predicted molar refractivity (Wildman–Crippen MR) is 107 cm³/mol. The number of benzene rings is 2. The Balaban J connectivity index is 1.51. The Morgan fingerprint density at radius 1 is 0.926 bits per heavy atom. The van der Waals surface area contributed by atoms with E-state index in [-0.39, 0.29) is 5.91 Å². The number of hydrogen-bond acceptors (Lipinski definition) is 4. The molecule has 0 aliphatic carbocycles. The molecule has 1 aliphatic rings. The lowest BCUT2D eigenvalue weighted by molar-refractivity contribution is -0.132. The van der Waals surface area contributed by atoms with E-state index in [9.17, 15) is 4.79 Å². The van der Waals surface area contributed by atoms with Gasteiger partial charge in [-0.1, -0.05) is 29.8 Å². The fraction of sp³-hybridized carbons (Fsp3) is 0.381. The average Bonchev–Trinajstić information content (AvgIpc) is 2.70. The molecule has 1 amide bonds. The summed E-state index contributed by atoms with van der Waals surface area (Å²) >= 11 is 5.90. The molecule has 27 heavy (non-hydrogen) atoms. The Kier molecular flexibility index (Phi) is 6.58. The van der Waals surface area contributed by atoms with E-state index >= 15 is 0 Å². The van der Waals surface area contributed by atoms with Crippen molar-refractivity contribution in [3.63, 3.8) is 0 Å². The highest BCUT2D eigenvalue weighted by Gasteiger charge is 2.21. The quantitative estimate of drug-likeness (QED) is 0.761. The number of carbonyl (C=O) groups is 1. The SMILES string of the molecule is COc1ccc(CN2CCN(C(=O)Cc3ccc(Cl)cc3)CC2)cc1OC. The molecular formula is C21H25ClN2O3. The second-order valence-corrected chi connectivity index (χ2v) is 7.09. The number of halogens is 1. The zero-order valence-electron chi connectivity index (χ0n) is 15.8. The van der Waals surface area contributed by atoms with Gasteiger partial charge in [-0.2, -0.15) is 0 Å². The molecule has 2 aromatic rings. The fourth-order valence-electron chi connectivity index (χ4n) is 3.28. The smallest absolute Gasteiger partial charge is 0.227 e. The fourth-order valence-corrected chi connectivity index (χ4v) is 3.41. The third-order valence-electron chi connectivity index (χ3n) is 4.85. The van der Waals surface area contributed by atoms with Crippen LogP contribution in [0.25, 0.3) is 0 Å². The Labute approximate surface area is 165 Å². The van der Waals surface area contributed by atoms with Crippen LogP contribution in [-0.2, 0) is 17.8 Å². The van der Waals surface area contributed by atoms with Crippen molar-refractivity contribution in [1.82, 2.24) is 9.80 Å². The molecule has 1 saturated heterocycles. The number of piperazine rings is 1. The normalized spacial score (nSPS) is 14.9. The molecule has 0 atom stereocenters. The van der Waals surface area contributed by atoms with Crippen LogP contribution in [0.15, 0.2) is 42.5 Å². The lowest BCUT2D eigenvalue weighted by Crippen LogP contribution is -2.48. The Bertz CT molecular complexity index is 771. The maximum absolute atomic E-state index is 12.5.